The topological polar surface area (TPSA) is 66.5 Å². The van der Waals surface area contributed by atoms with E-state index in [1.165, 1.54) is 9.87 Å². The number of carbonyl (C=O) groups is 1. The molecule has 2 aromatic rings. The van der Waals surface area contributed by atoms with Crippen LogP contribution >= 0.6 is 0 Å². The molecular weight excluding hydrogens is 396 g/mol. The third-order valence-electron chi connectivity index (χ3n) is 5.89. The molecular formula is C24H32N2O3S. The van der Waals surface area contributed by atoms with Gasteiger partial charge < -0.3 is 5.32 Å². The molecule has 0 spiro atoms. The number of nitrogens with one attached hydrogen (secondary N) is 1. The Labute approximate surface area is 180 Å². The Morgan fingerprint density at radius 1 is 1.00 bits per heavy atom. The van der Waals surface area contributed by atoms with Crippen LogP contribution in [0.1, 0.15) is 54.5 Å². The van der Waals surface area contributed by atoms with E-state index in [-0.39, 0.29) is 23.6 Å². The molecule has 1 amide bonds. The summed E-state index contributed by atoms with van der Waals surface area (Å²) in [6, 6.07) is 15.8. The standard InChI is InChI=1S/C24H32N2O3S/c1-4-23(21-11-7-19(3)8-12-21)25-24(27)22-13-15-26(16-14-22)30(28,29)17-20-9-5-18(2)6-10-20/h5-12,22-23H,4,13-17H2,1-3H3,(H,25,27)/t23-/m1/s1. The Morgan fingerprint density at radius 2 is 1.53 bits per heavy atom. The summed E-state index contributed by atoms with van der Waals surface area (Å²) in [5.74, 6) is -0.108. The summed E-state index contributed by atoms with van der Waals surface area (Å²) >= 11 is 0. The van der Waals surface area contributed by atoms with Crippen molar-refractivity contribution in [2.75, 3.05) is 13.1 Å². The van der Waals surface area contributed by atoms with Gasteiger partial charge in [-0.2, -0.15) is 0 Å². The van der Waals surface area contributed by atoms with Crippen molar-refractivity contribution in [1.82, 2.24) is 9.62 Å². The van der Waals surface area contributed by atoms with E-state index in [1.54, 1.807) is 0 Å². The van der Waals surface area contributed by atoms with Gasteiger partial charge in [0.1, 0.15) is 0 Å². The van der Waals surface area contributed by atoms with E-state index in [9.17, 15) is 13.2 Å². The second-order valence-electron chi connectivity index (χ2n) is 8.30. The van der Waals surface area contributed by atoms with Gasteiger partial charge in [-0.3, -0.25) is 4.79 Å². The van der Waals surface area contributed by atoms with Gasteiger partial charge in [-0.15, -0.1) is 0 Å². The summed E-state index contributed by atoms with van der Waals surface area (Å²) < 4.78 is 27.1. The second-order valence-corrected chi connectivity index (χ2v) is 10.3. The highest BCUT2D eigenvalue weighted by molar-refractivity contribution is 7.88. The molecule has 3 rings (SSSR count). The number of sulfonamides is 1. The number of nitrogens with zero attached hydrogens (tertiary/aromatic N) is 1. The molecule has 1 N–H and O–H groups in total. The Kier molecular flexibility index (Phi) is 7.32. The lowest BCUT2D eigenvalue weighted by Gasteiger charge is -2.31. The molecule has 1 fully saturated rings. The molecule has 0 radical (unpaired) electrons. The van der Waals surface area contributed by atoms with Crippen molar-refractivity contribution in [2.45, 2.75) is 51.8 Å². The molecule has 30 heavy (non-hydrogen) atoms. The van der Waals surface area contributed by atoms with Crippen molar-refractivity contribution >= 4 is 15.9 Å². The molecule has 2 aromatic carbocycles. The van der Waals surface area contributed by atoms with Crippen LogP contribution in [0.15, 0.2) is 48.5 Å². The zero-order valence-corrected chi connectivity index (χ0v) is 18.9. The number of hydrogen-bond acceptors (Lipinski definition) is 3. The molecule has 1 atom stereocenters. The van der Waals surface area contributed by atoms with Crippen molar-refractivity contribution in [2.24, 2.45) is 5.92 Å². The van der Waals surface area contributed by atoms with Crippen LogP contribution in [0.25, 0.3) is 0 Å². The second kappa shape index (κ2) is 9.75. The van der Waals surface area contributed by atoms with Crippen LogP contribution in [0.3, 0.4) is 0 Å². The van der Waals surface area contributed by atoms with Gasteiger partial charge in [0, 0.05) is 19.0 Å². The first-order chi connectivity index (χ1) is 14.3. The monoisotopic (exact) mass is 428 g/mol. The summed E-state index contributed by atoms with van der Waals surface area (Å²) in [4.78, 5) is 12.8. The summed E-state index contributed by atoms with van der Waals surface area (Å²) in [6.07, 6.45) is 1.94. The van der Waals surface area contributed by atoms with Gasteiger partial charge in [0.25, 0.3) is 0 Å². The molecule has 162 valence electrons. The number of aryl methyl sites for hydroxylation is 2. The minimum atomic E-state index is -3.37. The van der Waals surface area contributed by atoms with E-state index in [4.69, 9.17) is 0 Å². The normalized spacial score (nSPS) is 16.9. The van der Waals surface area contributed by atoms with Gasteiger partial charge >= 0.3 is 0 Å². The first kappa shape index (κ1) is 22.5. The molecule has 0 aliphatic carbocycles. The van der Waals surface area contributed by atoms with Gasteiger partial charge in [-0.05, 0) is 44.2 Å². The van der Waals surface area contributed by atoms with E-state index >= 15 is 0 Å². The van der Waals surface area contributed by atoms with E-state index in [1.807, 2.05) is 38.1 Å². The maximum Gasteiger partial charge on any atom is 0.223 e. The van der Waals surface area contributed by atoms with Crippen molar-refractivity contribution < 1.29 is 13.2 Å². The Hall–Kier alpha value is -2.18. The average molecular weight is 429 g/mol. The third-order valence-corrected chi connectivity index (χ3v) is 7.74. The number of carbonyl (C=O) groups excluding carboxylic acids is 1. The molecule has 1 heterocycles. The molecule has 0 bridgehead atoms. The smallest absolute Gasteiger partial charge is 0.223 e. The Balaban J connectivity index is 1.55. The molecule has 0 unspecified atom stereocenters. The molecule has 1 aliphatic rings. The van der Waals surface area contributed by atoms with Crippen LogP contribution in [-0.2, 0) is 20.6 Å². The number of benzene rings is 2. The Bertz CT molecular complexity index is 945. The lowest BCUT2D eigenvalue weighted by atomic mass is 9.95. The maximum absolute atomic E-state index is 12.8. The van der Waals surface area contributed by atoms with E-state index in [0.717, 1.165) is 23.1 Å². The fraction of sp³-hybridized carbons (Fsp3) is 0.458. The minimum absolute atomic E-state index is 0.00940. The Morgan fingerprint density at radius 3 is 2.07 bits per heavy atom. The number of hydrogen-bond donors (Lipinski definition) is 1. The zero-order valence-electron chi connectivity index (χ0n) is 18.1. The van der Waals surface area contributed by atoms with Crippen LogP contribution in [-0.4, -0.2) is 31.7 Å². The fourth-order valence-electron chi connectivity index (χ4n) is 3.89. The van der Waals surface area contributed by atoms with E-state index in [2.05, 4.69) is 36.5 Å². The van der Waals surface area contributed by atoms with Crippen molar-refractivity contribution in [3.05, 3.63) is 70.8 Å². The number of piperidine rings is 1. The SMILES string of the molecule is CC[C@@H](NC(=O)C1CCN(S(=O)(=O)Cc2ccc(C)cc2)CC1)c1ccc(C)cc1. The highest BCUT2D eigenvalue weighted by Gasteiger charge is 2.31. The van der Waals surface area contributed by atoms with Crippen LogP contribution < -0.4 is 5.32 Å². The lowest BCUT2D eigenvalue weighted by Crippen LogP contribution is -2.44. The number of rotatable bonds is 7. The van der Waals surface area contributed by atoms with Crippen LogP contribution in [0.4, 0.5) is 0 Å². The minimum Gasteiger partial charge on any atom is -0.349 e. The molecule has 1 saturated heterocycles. The average Bonchev–Trinajstić information content (AvgIpc) is 2.74. The van der Waals surface area contributed by atoms with E-state index < -0.39 is 10.0 Å². The van der Waals surface area contributed by atoms with Crippen LogP contribution in [0.2, 0.25) is 0 Å². The molecule has 5 nitrogen and oxygen atoms in total. The van der Waals surface area contributed by atoms with Gasteiger partial charge in [0.05, 0.1) is 11.8 Å². The molecule has 0 saturated carbocycles. The van der Waals surface area contributed by atoms with Gasteiger partial charge in [0.2, 0.25) is 15.9 Å². The molecule has 1 aliphatic heterocycles. The largest absolute Gasteiger partial charge is 0.349 e. The fourth-order valence-corrected chi connectivity index (χ4v) is 5.46. The predicted octanol–water partition coefficient (Wildman–Crippen LogP) is 4.11. The molecule has 0 aromatic heterocycles. The van der Waals surface area contributed by atoms with E-state index in [0.29, 0.717) is 25.9 Å². The third kappa shape index (κ3) is 5.70. The summed E-state index contributed by atoms with van der Waals surface area (Å²) in [5, 5.41) is 3.16. The highest BCUT2D eigenvalue weighted by Crippen LogP contribution is 2.24. The summed E-state index contributed by atoms with van der Waals surface area (Å²) in [7, 11) is -3.37. The van der Waals surface area contributed by atoms with Crippen molar-refractivity contribution in [3.8, 4) is 0 Å². The van der Waals surface area contributed by atoms with Crippen LogP contribution in [0, 0.1) is 19.8 Å². The quantitative estimate of drug-likeness (QED) is 0.722. The molecule has 6 heteroatoms. The zero-order chi connectivity index (χ0) is 21.7. The van der Waals surface area contributed by atoms with Crippen molar-refractivity contribution in [1.29, 1.82) is 0 Å². The first-order valence-corrected chi connectivity index (χ1v) is 12.3. The van der Waals surface area contributed by atoms with Gasteiger partial charge in [-0.1, -0.05) is 66.6 Å². The van der Waals surface area contributed by atoms with Gasteiger partial charge in [-0.25, -0.2) is 12.7 Å². The lowest BCUT2D eigenvalue weighted by molar-refractivity contribution is -0.126. The predicted molar refractivity (Wildman–Crippen MR) is 120 cm³/mol. The maximum atomic E-state index is 12.8. The van der Waals surface area contributed by atoms with Gasteiger partial charge in [0.15, 0.2) is 0 Å². The highest BCUT2D eigenvalue weighted by atomic mass is 32.2. The summed E-state index contributed by atoms with van der Waals surface area (Å²) in [6.45, 7) is 6.88. The van der Waals surface area contributed by atoms with Crippen LogP contribution in [0.5, 0.6) is 0 Å². The van der Waals surface area contributed by atoms with Crippen molar-refractivity contribution in [3.63, 3.8) is 0 Å². The number of amides is 1. The summed E-state index contributed by atoms with van der Waals surface area (Å²) in [5.41, 5.74) is 4.21. The first-order valence-electron chi connectivity index (χ1n) is 10.7.